The molecule has 0 unspecified atom stereocenters. The third-order valence-electron chi connectivity index (χ3n) is 4.76. The Morgan fingerprint density at radius 1 is 1.10 bits per heavy atom. The number of rotatable bonds is 4. The molecule has 1 aliphatic rings. The molecule has 3 aromatic rings. The lowest BCUT2D eigenvalue weighted by Gasteiger charge is -2.24. The van der Waals surface area contributed by atoms with Crippen LogP contribution in [0.1, 0.15) is 17.0 Å². The van der Waals surface area contributed by atoms with Gasteiger partial charge in [-0.2, -0.15) is 0 Å². The van der Waals surface area contributed by atoms with Gasteiger partial charge in [0.1, 0.15) is 11.5 Å². The summed E-state index contributed by atoms with van der Waals surface area (Å²) in [4.78, 5) is 24.0. The Balaban J connectivity index is 2.06. The lowest BCUT2D eigenvalue weighted by Crippen LogP contribution is -2.29. The van der Waals surface area contributed by atoms with Gasteiger partial charge in [0.25, 0.3) is 5.88 Å². The van der Waals surface area contributed by atoms with E-state index in [-0.39, 0.29) is 11.3 Å². The number of methoxy groups -OCH3 is 2. The Bertz CT molecular complexity index is 1230. The van der Waals surface area contributed by atoms with Gasteiger partial charge in [-0.15, -0.1) is 0 Å². The van der Waals surface area contributed by atoms with Crippen molar-refractivity contribution in [3.63, 3.8) is 0 Å². The summed E-state index contributed by atoms with van der Waals surface area (Å²) in [6, 6.07) is 11.5. The summed E-state index contributed by atoms with van der Waals surface area (Å²) >= 11 is 0. The second kappa shape index (κ2) is 6.86. The highest BCUT2D eigenvalue weighted by atomic mass is 16.6. The van der Waals surface area contributed by atoms with Crippen LogP contribution in [0.5, 0.6) is 17.2 Å². The summed E-state index contributed by atoms with van der Waals surface area (Å²) < 4.78 is 21.5. The van der Waals surface area contributed by atoms with Crippen LogP contribution in [0.4, 0.5) is 0 Å². The van der Waals surface area contributed by atoms with E-state index in [1.54, 1.807) is 42.5 Å². The molecule has 2 heterocycles. The quantitative estimate of drug-likeness (QED) is 0.405. The van der Waals surface area contributed by atoms with Crippen LogP contribution < -0.4 is 25.6 Å². The fourth-order valence-corrected chi connectivity index (χ4v) is 3.49. The van der Waals surface area contributed by atoms with Gasteiger partial charge in [-0.05, 0) is 29.8 Å². The molecule has 0 aliphatic carbocycles. The van der Waals surface area contributed by atoms with Gasteiger partial charge in [0.15, 0.2) is 17.2 Å². The normalized spacial score (nSPS) is 15.6. The molecule has 1 aromatic heterocycles. The number of ether oxygens (including phenoxy) is 3. The SMILES string of the molecule is COc1ccc([C@H]2C([N+](=O)[O-])=C(N)Oc3c2c(=O)oc2ccccc32)cc1OC. The Kier molecular flexibility index (Phi) is 4.34. The maximum absolute atomic E-state index is 12.8. The van der Waals surface area contributed by atoms with Crippen LogP contribution in [0.15, 0.2) is 63.3 Å². The molecule has 1 atom stereocenters. The predicted molar refractivity (Wildman–Crippen MR) is 103 cm³/mol. The molecule has 2 aromatic carbocycles. The molecule has 0 spiro atoms. The highest BCUT2D eigenvalue weighted by Gasteiger charge is 2.42. The molecule has 148 valence electrons. The fourth-order valence-electron chi connectivity index (χ4n) is 3.49. The molecule has 0 saturated carbocycles. The van der Waals surface area contributed by atoms with Crippen LogP contribution in [0.3, 0.4) is 0 Å². The molecule has 1 aliphatic heterocycles. The highest BCUT2D eigenvalue weighted by molar-refractivity contribution is 5.85. The molecule has 29 heavy (non-hydrogen) atoms. The van der Waals surface area contributed by atoms with Crippen molar-refractivity contribution in [3.8, 4) is 17.2 Å². The molecule has 0 bridgehead atoms. The first-order chi connectivity index (χ1) is 14.0. The van der Waals surface area contributed by atoms with Crippen molar-refractivity contribution in [2.24, 2.45) is 5.73 Å². The first-order valence-corrected chi connectivity index (χ1v) is 8.55. The van der Waals surface area contributed by atoms with Crippen molar-refractivity contribution >= 4 is 11.0 Å². The Labute approximate surface area is 164 Å². The van der Waals surface area contributed by atoms with E-state index in [2.05, 4.69) is 0 Å². The zero-order chi connectivity index (χ0) is 20.7. The van der Waals surface area contributed by atoms with Crippen molar-refractivity contribution in [2.45, 2.75) is 5.92 Å². The van der Waals surface area contributed by atoms with Crippen LogP contribution in [0.25, 0.3) is 11.0 Å². The van der Waals surface area contributed by atoms with E-state index >= 15 is 0 Å². The van der Waals surface area contributed by atoms with Gasteiger partial charge in [-0.3, -0.25) is 10.1 Å². The van der Waals surface area contributed by atoms with Gasteiger partial charge in [-0.1, -0.05) is 18.2 Å². The van der Waals surface area contributed by atoms with E-state index in [1.165, 1.54) is 14.2 Å². The van der Waals surface area contributed by atoms with Gasteiger partial charge in [0.2, 0.25) is 0 Å². The van der Waals surface area contributed by atoms with Crippen molar-refractivity contribution in [3.05, 3.63) is 85.7 Å². The topological polar surface area (TPSA) is 127 Å². The largest absolute Gasteiger partial charge is 0.493 e. The minimum atomic E-state index is -1.12. The number of allylic oxidation sites excluding steroid dienone is 1. The van der Waals surface area contributed by atoms with Gasteiger partial charge in [0.05, 0.1) is 30.1 Å². The summed E-state index contributed by atoms with van der Waals surface area (Å²) in [5, 5.41) is 12.3. The smallest absolute Gasteiger partial charge is 0.344 e. The van der Waals surface area contributed by atoms with Crippen molar-refractivity contribution in [2.75, 3.05) is 14.2 Å². The Morgan fingerprint density at radius 3 is 2.52 bits per heavy atom. The molecule has 0 radical (unpaired) electrons. The third kappa shape index (κ3) is 2.83. The molecule has 4 rings (SSSR count). The molecule has 0 amide bonds. The van der Waals surface area contributed by atoms with E-state index < -0.39 is 28.0 Å². The van der Waals surface area contributed by atoms with E-state index in [4.69, 9.17) is 24.4 Å². The minimum Gasteiger partial charge on any atom is -0.493 e. The van der Waals surface area contributed by atoms with Gasteiger partial charge in [0, 0.05) is 0 Å². The van der Waals surface area contributed by atoms with Crippen molar-refractivity contribution in [1.29, 1.82) is 0 Å². The summed E-state index contributed by atoms with van der Waals surface area (Å²) in [6.45, 7) is 0. The van der Waals surface area contributed by atoms with Crippen LogP contribution in [-0.2, 0) is 0 Å². The average Bonchev–Trinajstić information content (AvgIpc) is 2.72. The lowest BCUT2D eigenvalue weighted by atomic mass is 9.86. The molecule has 9 nitrogen and oxygen atoms in total. The van der Waals surface area contributed by atoms with Crippen LogP contribution in [0, 0.1) is 10.1 Å². The predicted octanol–water partition coefficient (Wildman–Crippen LogP) is 2.74. The minimum absolute atomic E-state index is 0.00294. The second-order valence-electron chi connectivity index (χ2n) is 6.28. The number of fused-ring (bicyclic) bond motifs is 3. The van der Waals surface area contributed by atoms with E-state index in [0.717, 1.165) is 0 Å². The Hall–Kier alpha value is -4.01. The number of nitro groups is 1. The molecule has 0 fully saturated rings. The second-order valence-corrected chi connectivity index (χ2v) is 6.28. The van der Waals surface area contributed by atoms with Crippen molar-refractivity contribution < 1.29 is 23.6 Å². The molecular weight excluding hydrogens is 380 g/mol. The summed E-state index contributed by atoms with van der Waals surface area (Å²) in [6.07, 6.45) is 0. The van der Waals surface area contributed by atoms with Gasteiger partial charge < -0.3 is 24.4 Å². The first kappa shape index (κ1) is 18.4. The highest BCUT2D eigenvalue weighted by Crippen LogP contribution is 2.45. The van der Waals surface area contributed by atoms with E-state index in [9.17, 15) is 14.9 Å². The molecule has 9 heteroatoms. The number of hydrogen-bond donors (Lipinski definition) is 1. The molecule has 0 saturated heterocycles. The number of nitrogens with two attached hydrogens (primary N) is 1. The summed E-state index contributed by atoms with van der Waals surface area (Å²) in [5.74, 6) is -0.578. The lowest BCUT2D eigenvalue weighted by molar-refractivity contribution is -0.432. The standard InChI is InChI=1S/C20H16N2O7/c1-26-13-8-7-10(9-14(13)27-2)15-16-18(29-19(21)17(15)22(24)25)11-5-3-4-6-12(11)28-20(16)23/h3-9,15H,21H2,1-2H3/t15-/m1/s1. The molecule has 2 N–H and O–H groups in total. The van der Waals surface area contributed by atoms with Gasteiger partial charge >= 0.3 is 11.3 Å². The van der Waals surface area contributed by atoms with E-state index in [1.807, 2.05) is 0 Å². The van der Waals surface area contributed by atoms with E-state index in [0.29, 0.717) is 28.0 Å². The maximum Gasteiger partial charge on any atom is 0.344 e. The van der Waals surface area contributed by atoms with Crippen LogP contribution in [0.2, 0.25) is 0 Å². The zero-order valence-corrected chi connectivity index (χ0v) is 15.5. The first-order valence-electron chi connectivity index (χ1n) is 8.55. The van der Waals surface area contributed by atoms with Crippen molar-refractivity contribution in [1.82, 2.24) is 0 Å². The summed E-state index contributed by atoms with van der Waals surface area (Å²) in [7, 11) is 2.92. The zero-order valence-electron chi connectivity index (χ0n) is 15.5. The van der Waals surface area contributed by atoms with Gasteiger partial charge in [-0.25, -0.2) is 4.79 Å². The maximum atomic E-state index is 12.8. The summed E-state index contributed by atoms with van der Waals surface area (Å²) in [5.41, 5.74) is 5.42. The number of nitrogens with zero attached hydrogens (tertiary/aromatic N) is 1. The molecular formula is C20H16N2O7. The fraction of sp³-hybridized carbons (Fsp3) is 0.150. The van der Waals surface area contributed by atoms with Crippen LogP contribution in [-0.4, -0.2) is 19.1 Å². The average molecular weight is 396 g/mol. The number of benzene rings is 2. The van der Waals surface area contributed by atoms with Crippen LogP contribution >= 0.6 is 0 Å². The monoisotopic (exact) mass is 396 g/mol. The Morgan fingerprint density at radius 2 is 1.83 bits per heavy atom. The number of para-hydroxylation sites is 1. The third-order valence-corrected chi connectivity index (χ3v) is 4.76. The number of hydrogen-bond acceptors (Lipinski definition) is 8.